The van der Waals surface area contributed by atoms with Gasteiger partial charge in [-0.3, -0.25) is 21.5 Å². The van der Waals surface area contributed by atoms with Crippen LogP contribution < -0.4 is 21.4 Å². The van der Waals surface area contributed by atoms with Crippen molar-refractivity contribution in [1.29, 1.82) is 0 Å². The lowest BCUT2D eigenvalue weighted by atomic mass is 10.1. The van der Waals surface area contributed by atoms with Crippen LogP contribution in [-0.2, 0) is 28.5 Å². The number of nitrogens with one attached hydrogen (secondary N) is 2. The summed E-state index contributed by atoms with van der Waals surface area (Å²) in [5.74, 6) is 6.42. The minimum Gasteiger partial charge on any atom is -0.443 e. The summed E-state index contributed by atoms with van der Waals surface area (Å²) in [7, 11) is 5.62. The van der Waals surface area contributed by atoms with Crippen LogP contribution in [0.15, 0.2) is 30.3 Å². The maximum Gasteiger partial charge on any atom is 0.427 e. The molecule has 4 aliphatic rings. The van der Waals surface area contributed by atoms with Crippen LogP contribution in [0.3, 0.4) is 0 Å². The summed E-state index contributed by atoms with van der Waals surface area (Å²) < 4.78 is 31.0. The third-order valence-corrected chi connectivity index (χ3v) is 8.18. The molecule has 15 nitrogen and oxygen atoms in total. The first-order valence-electron chi connectivity index (χ1n) is 17.6. The van der Waals surface area contributed by atoms with E-state index in [4.69, 9.17) is 34.3 Å². The zero-order valence-corrected chi connectivity index (χ0v) is 31.0. The van der Waals surface area contributed by atoms with Crippen molar-refractivity contribution in [3.8, 4) is 5.75 Å². The molecule has 0 saturated carbocycles. The first kappa shape index (κ1) is 52.2. The molecule has 53 heavy (non-hydrogen) atoms. The largest absolute Gasteiger partial charge is 0.443 e. The van der Waals surface area contributed by atoms with Gasteiger partial charge in [0.05, 0.1) is 13.2 Å². The molecule has 4 aliphatic heterocycles. The number of carbonyl (C=O) groups is 3. The third kappa shape index (κ3) is 24.9. The number of para-hydroxylation sites is 1. The smallest absolute Gasteiger partial charge is 0.427 e. The fraction of sp³-hybridized carbons (Fsp3) is 0.763. The maximum absolute atomic E-state index is 11.7. The number of Topliss-reactive ketones (excluding diaryl/α,β-unsaturated/α-hetero) is 1. The Hall–Kier alpha value is -2.89. The van der Waals surface area contributed by atoms with Gasteiger partial charge in [-0.15, -0.1) is 0 Å². The molecule has 2 amide bonds. The average Bonchev–Trinajstić information content (AvgIpc) is 3.10. The molecule has 310 valence electrons. The SMILES string of the molecule is C.C.C.CN(N)C1CCOCC1.CN(NC(=O)OC(C)(C)C)C1CCOCC1.CN(NC(=O)Oc1ccccc1)C1CCOCC1.O=C1CCOCC1. The number of nitrogens with two attached hydrogens (primary N) is 1. The Morgan fingerprint density at radius 3 is 1.38 bits per heavy atom. The minimum absolute atomic E-state index is 0. The van der Waals surface area contributed by atoms with Gasteiger partial charge in [-0.05, 0) is 71.4 Å². The molecular weight excluding hydrogens is 684 g/mol. The van der Waals surface area contributed by atoms with Crippen molar-refractivity contribution in [2.24, 2.45) is 5.84 Å². The van der Waals surface area contributed by atoms with Gasteiger partial charge in [0.15, 0.2) is 0 Å². The number of ketones is 1. The number of rotatable bonds is 6. The predicted octanol–water partition coefficient (Wildman–Crippen LogP) is 5.58. The number of hydrogen-bond acceptors (Lipinski definition) is 13. The van der Waals surface area contributed by atoms with Crippen LogP contribution in [0, 0.1) is 0 Å². The average molecular weight is 759 g/mol. The summed E-state index contributed by atoms with van der Waals surface area (Å²) in [5.41, 5.74) is 4.98. The summed E-state index contributed by atoms with van der Waals surface area (Å²) in [6.45, 7) is 11.5. The summed E-state index contributed by atoms with van der Waals surface area (Å²) in [4.78, 5) is 33.5. The van der Waals surface area contributed by atoms with Crippen molar-refractivity contribution in [3.63, 3.8) is 0 Å². The first-order valence-corrected chi connectivity index (χ1v) is 17.6. The van der Waals surface area contributed by atoms with E-state index in [1.807, 2.05) is 65.1 Å². The Morgan fingerprint density at radius 2 is 1.04 bits per heavy atom. The molecule has 15 heteroatoms. The Bertz CT molecular complexity index is 1070. The first-order chi connectivity index (χ1) is 23.8. The van der Waals surface area contributed by atoms with Crippen molar-refractivity contribution in [3.05, 3.63) is 30.3 Å². The van der Waals surface area contributed by atoms with E-state index in [1.54, 1.807) is 22.2 Å². The normalized spacial score (nSPS) is 18.1. The van der Waals surface area contributed by atoms with E-state index < -0.39 is 17.8 Å². The predicted molar refractivity (Wildman–Crippen MR) is 209 cm³/mol. The highest BCUT2D eigenvalue weighted by molar-refractivity contribution is 5.79. The minimum atomic E-state index is -0.463. The summed E-state index contributed by atoms with van der Waals surface area (Å²) in [6.07, 6.45) is 6.25. The van der Waals surface area contributed by atoms with Crippen LogP contribution in [-0.4, -0.2) is 131 Å². The number of nitrogens with zero attached hydrogens (tertiary/aromatic N) is 3. The van der Waals surface area contributed by atoms with E-state index >= 15 is 0 Å². The molecule has 1 aromatic carbocycles. The molecule has 4 saturated heterocycles. The van der Waals surface area contributed by atoms with E-state index in [0.29, 0.717) is 55.7 Å². The Labute approximate surface area is 320 Å². The lowest BCUT2D eigenvalue weighted by Crippen LogP contribution is -2.49. The van der Waals surface area contributed by atoms with Crippen LogP contribution >= 0.6 is 0 Å². The zero-order valence-electron chi connectivity index (χ0n) is 31.0. The third-order valence-electron chi connectivity index (χ3n) is 8.18. The van der Waals surface area contributed by atoms with Gasteiger partial charge in [-0.1, -0.05) is 40.5 Å². The number of benzene rings is 1. The highest BCUT2D eigenvalue weighted by Crippen LogP contribution is 2.14. The molecule has 4 heterocycles. The molecule has 0 aromatic heterocycles. The zero-order chi connectivity index (χ0) is 36.8. The quantitative estimate of drug-likeness (QED) is 0.243. The van der Waals surface area contributed by atoms with Gasteiger partial charge in [0.25, 0.3) is 0 Å². The summed E-state index contributed by atoms with van der Waals surface area (Å²) in [6, 6.07) is 10.2. The molecule has 4 N–H and O–H groups in total. The van der Waals surface area contributed by atoms with Crippen molar-refractivity contribution < 1.29 is 42.8 Å². The van der Waals surface area contributed by atoms with Gasteiger partial charge in [-0.2, -0.15) is 0 Å². The van der Waals surface area contributed by atoms with E-state index in [9.17, 15) is 14.4 Å². The molecule has 5 rings (SSSR count). The Balaban J connectivity index is 0. The fourth-order valence-corrected chi connectivity index (χ4v) is 5.23. The highest BCUT2D eigenvalue weighted by atomic mass is 16.6. The topological polar surface area (TPSA) is 166 Å². The fourth-order valence-electron chi connectivity index (χ4n) is 5.23. The molecule has 0 bridgehead atoms. The number of ether oxygens (including phenoxy) is 6. The standard InChI is InChI=1S/C13H18N2O3.C11H22N2O3.C6H14N2O.C5H8O2.3CH4/c1-15(11-7-9-17-10-8-11)14-13(16)18-12-5-3-2-4-6-12;1-11(2,3)16-10(14)12-13(4)9-5-7-15-8-6-9;1-8(7)6-2-4-9-5-3-6;6-5-1-3-7-4-2-5;;;/h2-6,11H,7-10H2,1H3,(H,14,16);9H,5-8H2,1-4H3,(H,12,14);6H,2-5,7H2,1H3;1-4H2;3*1H4. The number of hydrazine groups is 3. The monoisotopic (exact) mass is 759 g/mol. The van der Waals surface area contributed by atoms with E-state index in [0.717, 1.165) is 78.2 Å². The molecule has 0 aliphatic carbocycles. The van der Waals surface area contributed by atoms with Gasteiger partial charge in [-0.25, -0.2) is 24.6 Å². The van der Waals surface area contributed by atoms with Crippen LogP contribution in [0.4, 0.5) is 9.59 Å². The molecule has 0 unspecified atom stereocenters. The number of hydrogen-bond donors (Lipinski definition) is 3. The summed E-state index contributed by atoms with van der Waals surface area (Å²) >= 11 is 0. The van der Waals surface area contributed by atoms with Crippen LogP contribution in [0.1, 0.15) is 94.4 Å². The molecule has 4 fully saturated rings. The highest BCUT2D eigenvalue weighted by Gasteiger charge is 2.23. The maximum atomic E-state index is 11.7. The molecule has 0 atom stereocenters. The van der Waals surface area contributed by atoms with Gasteiger partial charge < -0.3 is 28.4 Å². The van der Waals surface area contributed by atoms with Gasteiger partial charge >= 0.3 is 12.2 Å². The van der Waals surface area contributed by atoms with Crippen molar-refractivity contribution in [2.75, 3.05) is 74.0 Å². The van der Waals surface area contributed by atoms with Gasteiger partial charge in [0.2, 0.25) is 0 Å². The van der Waals surface area contributed by atoms with E-state index in [1.165, 1.54) is 0 Å². The van der Waals surface area contributed by atoms with Crippen molar-refractivity contribution in [2.45, 2.75) is 118 Å². The summed E-state index contributed by atoms with van der Waals surface area (Å²) in [5, 5.41) is 5.40. The van der Waals surface area contributed by atoms with Crippen molar-refractivity contribution >= 4 is 18.0 Å². The van der Waals surface area contributed by atoms with Gasteiger partial charge in [0, 0.05) is 91.8 Å². The number of carbonyl (C=O) groups excluding carboxylic acids is 3. The Kier molecular flexibility index (Phi) is 29.0. The van der Waals surface area contributed by atoms with E-state index in [-0.39, 0.29) is 22.3 Å². The lowest BCUT2D eigenvalue weighted by molar-refractivity contribution is -0.124. The van der Waals surface area contributed by atoms with E-state index in [2.05, 4.69) is 10.9 Å². The second kappa shape index (κ2) is 29.5. The lowest BCUT2D eigenvalue weighted by Gasteiger charge is -2.31. The van der Waals surface area contributed by atoms with Crippen molar-refractivity contribution in [1.82, 2.24) is 25.9 Å². The van der Waals surface area contributed by atoms with Gasteiger partial charge in [0.1, 0.15) is 17.1 Å². The Morgan fingerprint density at radius 1 is 0.660 bits per heavy atom. The molecule has 1 aromatic rings. The van der Waals surface area contributed by atoms with Crippen LogP contribution in [0.5, 0.6) is 5.75 Å². The molecular formula is C38H74N6O9. The van der Waals surface area contributed by atoms with Crippen LogP contribution in [0.25, 0.3) is 0 Å². The second-order valence-corrected chi connectivity index (χ2v) is 13.5. The second-order valence-electron chi connectivity index (χ2n) is 13.5. The molecule has 0 spiro atoms. The van der Waals surface area contributed by atoms with Crippen LogP contribution in [0.2, 0.25) is 0 Å². The number of amides is 2. The molecule has 0 radical (unpaired) electrons.